The van der Waals surface area contributed by atoms with Crippen molar-refractivity contribution in [3.63, 3.8) is 0 Å². The lowest BCUT2D eigenvalue weighted by Gasteiger charge is -2.14. The van der Waals surface area contributed by atoms with Crippen LogP contribution in [-0.4, -0.2) is 22.4 Å². The molecule has 0 N–H and O–H groups in total. The lowest BCUT2D eigenvalue weighted by Crippen LogP contribution is -2.13. The lowest BCUT2D eigenvalue weighted by molar-refractivity contribution is 0.0972. The van der Waals surface area contributed by atoms with Gasteiger partial charge in [0, 0.05) is 36.2 Å². The van der Waals surface area contributed by atoms with Gasteiger partial charge < -0.3 is 4.57 Å². The molecule has 2 rings (SSSR count). The quantitative estimate of drug-likeness (QED) is 0.762. The largest absolute Gasteiger partial charge is 0.350 e. The molecule has 2 nitrogen and oxygen atoms in total. The molecule has 0 saturated heterocycles. The first-order valence-electron chi connectivity index (χ1n) is 5.03. The molecule has 0 bridgehead atoms. The van der Waals surface area contributed by atoms with E-state index in [1.54, 1.807) is 0 Å². The summed E-state index contributed by atoms with van der Waals surface area (Å²) in [5.74, 6) is 1.45. The summed E-state index contributed by atoms with van der Waals surface area (Å²) >= 11 is 1.85. The minimum atomic E-state index is 0.328. The van der Waals surface area contributed by atoms with Crippen LogP contribution in [0.25, 0.3) is 0 Å². The smallest absolute Gasteiger partial charge is 0.164 e. The van der Waals surface area contributed by atoms with E-state index in [2.05, 4.69) is 17.0 Å². The zero-order valence-electron chi connectivity index (χ0n) is 8.45. The van der Waals surface area contributed by atoms with E-state index in [4.69, 9.17) is 0 Å². The maximum absolute atomic E-state index is 11.6. The fourth-order valence-corrected chi connectivity index (χ4v) is 2.37. The van der Waals surface area contributed by atoms with E-state index in [9.17, 15) is 4.79 Å². The molecule has 1 heterocycles. The molecule has 1 aliphatic carbocycles. The number of nitrogens with zero attached hydrogens (tertiary/aromatic N) is 1. The zero-order chi connectivity index (χ0) is 9.97. The summed E-state index contributed by atoms with van der Waals surface area (Å²) in [7, 11) is 0. The van der Waals surface area contributed by atoms with E-state index in [0.29, 0.717) is 5.78 Å². The number of carbonyl (C=O) groups excluding carboxylic acids is 1. The number of carbonyl (C=O) groups is 1. The number of thioether (sulfide) groups is 1. The maximum atomic E-state index is 11.6. The molecule has 0 radical (unpaired) electrons. The van der Waals surface area contributed by atoms with Crippen LogP contribution in [0.2, 0.25) is 0 Å². The summed E-state index contributed by atoms with van der Waals surface area (Å²) in [5.41, 5.74) is 2.23. The highest BCUT2D eigenvalue weighted by atomic mass is 32.2. The maximum Gasteiger partial charge on any atom is 0.164 e. The van der Waals surface area contributed by atoms with Gasteiger partial charge in [-0.25, -0.2) is 0 Å². The highest BCUT2D eigenvalue weighted by Crippen LogP contribution is 2.22. The molecule has 0 aliphatic heterocycles. The van der Waals surface area contributed by atoms with Gasteiger partial charge in [0.2, 0.25) is 0 Å². The molecule has 1 aromatic rings. The van der Waals surface area contributed by atoms with Gasteiger partial charge in [-0.15, -0.1) is 0 Å². The fraction of sp³-hybridized carbons (Fsp3) is 0.545. The van der Waals surface area contributed by atoms with Gasteiger partial charge >= 0.3 is 0 Å². The Labute approximate surface area is 88.7 Å². The predicted molar refractivity (Wildman–Crippen MR) is 60.1 cm³/mol. The molecular formula is C11H15NOS. The molecule has 0 atom stereocenters. The van der Waals surface area contributed by atoms with Crippen molar-refractivity contribution in [3.05, 3.63) is 23.5 Å². The van der Waals surface area contributed by atoms with Crippen LogP contribution < -0.4 is 0 Å². The average Bonchev–Trinajstić information content (AvgIpc) is 2.60. The van der Waals surface area contributed by atoms with Gasteiger partial charge in [0.15, 0.2) is 5.78 Å². The normalized spacial score (nSPS) is 15.6. The first-order chi connectivity index (χ1) is 6.83. The van der Waals surface area contributed by atoms with Crippen LogP contribution in [0.5, 0.6) is 0 Å². The summed E-state index contributed by atoms with van der Waals surface area (Å²) in [5, 5.41) is 0. The molecule has 1 aromatic heterocycles. The fourth-order valence-electron chi connectivity index (χ4n) is 1.99. The molecule has 3 heteroatoms. The van der Waals surface area contributed by atoms with Crippen LogP contribution >= 0.6 is 11.8 Å². The van der Waals surface area contributed by atoms with Crippen LogP contribution in [0.15, 0.2) is 12.3 Å². The van der Waals surface area contributed by atoms with Gasteiger partial charge in [-0.05, 0) is 25.2 Å². The second kappa shape index (κ2) is 4.22. The second-order valence-corrected chi connectivity index (χ2v) is 4.62. The number of fused-ring (bicyclic) bond motifs is 1. The van der Waals surface area contributed by atoms with Crippen molar-refractivity contribution in [1.82, 2.24) is 4.57 Å². The number of rotatable bonds is 3. The Morgan fingerprint density at radius 1 is 1.50 bits per heavy atom. The Balaban J connectivity index is 2.22. The monoisotopic (exact) mass is 209 g/mol. The summed E-state index contributed by atoms with van der Waals surface area (Å²) in [4.78, 5) is 11.6. The molecule has 0 aromatic carbocycles. The van der Waals surface area contributed by atoms with Crippen LogP contribution in [0.1, 0.15) is 28.9 Å². The van der Waals surface area contributed by atoms with Gasteiger partial charge in [-0.3, -0.25) is 4.79 Å². The summed E-state index contributed by atoms with van der Waals surface area (Å²) < 4.78 is 2.24. The number of hydrogen-bond acceptors (Lipinski definition) is 2. The van der Waals surface area contributed by atoms with Gasteiger partial charge in [0.25, 0.3) is 0 Å². The Morgan fingerprint density at radius 3 is 3.14 bits per heavy atom. The number of Topliss-reactive ketones (excluding diaryl/α,β-unsaturated/α-hetero) is 1. The minimum Gasteiger partial charge on any atom is -0.350 e. The van der Waals surface area contributed by atoms with Crippen molar-refractivity contribution >= 4 is 17.5 Å². The molecule has 0 amide bonds. The molecule has 0 fully saturated rings. The Bertz CT molecular complexity index is 343. The number of hydrogen-bond donors (Lipinski definition) is 0. The van der Waals surface area contributed by atoms with Crippen LogP contribution in [0, 0.1) is 0 Å². The van der Waals surface area contributed by atoms with Crippen molar-refractivity contribution in [2.24, 2.45) is 0 Å². The summed E-state index contributed by atoms with van der Waals surface area (Å²) in [6.07, 6.45) is 7.00. The van der Waals surface area contributed by atoms with E-state index in [1.165, 1.54) is 5.69 Å². The van der Waals surface area contributed by atoms with Crippen LogP contribution in [0.3, 0.4) is 0 Å². The van der Waals surface area contributed by atoms with Crippen molar-refractivity contribution < 1.29 is 4.79 Å². The van der Waals surface area contributed by atoms with Crippen molar-refractivity contribution in [1.29, 1.82) is 0 Å². The summed E-state index contributed by atoms with van der Waals surface area (Å²) in [6.45, 7) is 1.03. The summed E-state index contributed by atoms with van der Waals surface area (Å²) in [6, 6.07) is 1.98. The third kappa shape index (κ3) is 1.73. The second-order valence-electron chi connectivity index (χ2n) is 3.64. The predicted octanol–water partition coefficient (Wildman–Crippen LogP) is 2.37. The van der Waals surface area contributed by atoms with Crippen molar-refractivity contribution in [3.8, 4) is 0 Å². The highest BCUT2D eigenvalue weighted by Gasteiger charge is 2.19. The van der Waals surface area contributed by atoms with Crippen LogP contribution in [-0.2, 0) is 13.0 Å². The average molecular weight is 209 g/mol. The number of aromatic nitrogens is 1. The van der Waals surface area contributed by atoms with E-state index < -0.39 is 0 Å². The van der Waals surface area contributed by atoms with E-state index in [-0.39, 0.29) is 0 Å². The Morgan fingerprint density at radius 2 is 2.36 bits per heavy atom. The van der Waals surface area contributed by atoms with E-state index in [0.717, 1.165) is 37.1 Å². The van der Waals surface area contributed by atoms with Gasteiger partial charge in [-0.2, -0.15) is 11.8 Å². The first-order valence-corrected chi connectivity index (χ1v) is 6.42. The SMILES string of the molecule is CSCCn1ccc2c1CCCC2=O. The molecule has 14 heavy (non-hydrogen) atoms. The van der Waals surface area contributed by atoms with Crippen molar-refractivity contribution in [2.45, 2.75) is 25.8 Å². The molecule has 1 aliphatic rings. The third-order valence-electron chi connectivity index (χ3n) is 2.73. The zero-order valence-corrected chi connectivity index (χ0v) is 9.27. The Hall–Kier alpha value is -0.700. The minimum absolute atomic E-state index is 0.328. The topological polar surface area (TPSA) is 22.0 Å². The molecule has 0 spiro atoms. The standard InChI is InChI=1S/C11H15NOS/c1-14-8-7-12-6-5-9-10(12)3-2-4-11(9)13/h5-6H,2-4,7-8H2,1H3. The Kier molecular flexibility index (Phi) is 2.96. The van der Waals surface area contributed by atoms with E-state index in [1.807, 2.05) is 17.8 Å². The first kappa shape index (κ1) is 9.84. The molecular weight excluding hydrogens is 194 g/mol. The number of ketones is 1. The van der Waals surface area contributed by atoms with Gasteiger partial charge in [-0.1, -0.05) is 0 Å². The van der Waals surface area contributed by atoms with Crippen LogP contribution in [0.4, 0.5) is 0 Å². The third-order valence-corrected chi connectivity index (χ3v) is 3.32. The van der Waals surface area contributed by atoms with Crippen molar-refractivity contribution in [2.75, 3.05) is 12.0 Å². The molecule has 76 valence electrons. The highest BCUT2D eigenvalue weighted by molar-refractivity contribution is 7.98. The number of aryl methyl sites for hydroxylation is 1. The molecule has 0 saturated carbocycles. The van der Waals surface area contributed by atoms with Gasteiger partial charge in [0.1, 0.15) is 0 Å². The van der Waals surface area contributed by atoms with E-state index >= 15 is 0 Å². The van der Waals surface area contributed by atoms with Gasteiger partial charge in [0.05, 0.1) is 0 Å². The molecule has 0 unspecified atom stereocenters. The lowest BCUT2D eigenvalue weighted by atomic mass is 9.97.